The number of nitrogens with zero attached hydrogens (tertiary/aromatic N) is 2. The van der Waals surface area contributed by atoms with E-state index in [1.165, 1.54) is 13.4 Å². The van der Waals surface area contributed by atoms with Gasteiger partial charge in [0.2, 0.25) is 0 Å². The first kappa shape index (κ1) is 19.8. The molecule has 1 aliphatic rings. The average Bonchev–Trinajstić information content (AvgIpc) is 3.23. The Bertz CT molecular complexity index is 655. The molecule has 0 spiro atoms. The van der Waals surface area contributed by atoms with Gasteiger partial charge < -0.3 is 24.7 Å². The van der Waals surface area contributed by atoms with Gasteiger partial charge in [-0.2, -0.15) is 0 Å². The van der Waals surface area contributed by atoms with Crippen LogP contribution in [0.15, 0.2) is 21.7 Å². The zero-order chi connectivity index (χ0) is 19.1. The number of rotatable bonds is 6. The lowest BCUT2D eigenvalue weighted by Gasteiger charge is -2.21. The van der Waals surface area contributed by atoms with E-state index < -0.39 is 0 Å². The van der Waals surface area contributed by atoms with Crippen molar-refractivity contribution in [3.05, 3.63) is 23.7 Å². The third-order valence-corrected chi connectivity index (χ3v) is 4.62. The molecule has 26 heavy (non-hydrogen) atoms. The Balaban J connectivity index is 1.72. The number of carbonyl (C=O) groups excluding carboxylic acids is 2. The number of hydrogen-bond acceptors (Lipinski definition) is 5. The molecule has 2 N–H and O–H groups in total. The quantitative estimate of drug-likeness (QED) is 0.339. The van der Waals surface area contributed by atoms with Crippen LogP contribution in [0, 0.1) is 18.8 Å². The summed E-state index contributed by atoms with van der Waals surface area (Å²) in [6.45, 7) is 6.43. The number of methoxy groups -OCH3 is 1. The lowest BCUT2D eigenvalue weighted by molar-refractivity contribution is -0.145. The summed E-state index contributed by atoms with van der Waals surface area (Å²) in [4.78, 5) is 30.1. The number of esters is 1. The van der Waals surface area contributed by atoms with Crippen molar-refractivity contribution in [2.75, 3.05) is 40.3 Å². The summed E-state index contributed by atoms with van der Waals surface area (Å²) in [5.74, 6) is 0.828. The van der Waals surface area contributed by atoms with E-state index in [4.69, 9.17) is 9.15 Å². The van der Waals surface area contributed by atoms with Crippen molar-refractivity contribution < 1.29 is 18.7 Å². The van der Waals surface area contributed by atoms with Gasteiger partial charge in [-0.3, -0.25) is 14.6 Å². The molecular formula is C18H28N4O4. The summed E-state index contributed by atoms with van der Waals surface area (Å²) < 4.78 is 10.0. The van der Waals surface area contributed by atoms with E-state index in [2.05, 4.69) is 20.5 Å². The average molecular weight is 364 g/mol. The predicted molar refractivity (Wildman–Crippen MR) is 98.0 cm³/mol. The molecule has 0 saturated carbocycles. The molecule has 8 nitrogen and oxygen atoms in total. The maximum absolute atomic E-state index is 12.0. The van der Waals surface area contributed by atoms with Crippen LogP contribution in [0.5, 0.6) is 0 Å². The van der Waals surface area contributed by atoms with Crippen LogP contribution >= 0.6 is 0 Å². The fourth-order valence-electron chi connectivity index (χ4n) is 3.11. The second kappa shape index (κ2) is 9.26. The standard InChI is InChI=1S/C18H28N4O4/c1-12-6-9-26-15(12)16(23)20-7-5-8-21-18(19-3)22-10-13(2)14(11-22)17(24)25-4/h6,9,13-14H,5,7-8,10-11H2,1-4H3,(H,19,21)(H,20,23). The van der Waals surface area contributed by atoms with Crippen molar-refractivity contribution in [3.63, 3.8) is 0 Å². The minimum absolute atomic E-state index is 0.130. The molecule has 2 unspecified atom stereocenters. The fraction of sp³-hybridized carbons (Fsp3) is 0.611. The molecule has 0 aromatic carbocycles. The molecule has 1 saturated heterocycles. The molecule has 0 radical (unpaired) electrons. The number of aryl methyl sites for hydroxylation is 1. The molecular weight excluding hydrogens is 336 g/mol. The zero-order valence-electron chi connectivity index (χ0n) is 15.9. The van der Waals surface area contributed by atoms with Crippen molar-refractivity contribution in [1.29, 1.82) is 0 Å². The van der Waals surface area contributed by atoms with E-state index in [0.717, 1.165) is 24.5 Å². The van der Waals surface area contributed by atoms with Gasteiger partial charge in [-0.15, -0.1) is 0 Å². The van der Waals surface area contributed by atoms with E-state index in [0.29, 0.717) is 25.4 Å². The molecule has 1 aliphatic heterocycles. The van der Waals surface area contributed by atoms with Gasteiger partial charge in [-0.05, 0) is 25.3 Å². The number of amides is 1. The summed E-state index contributed by atoms with van der Waals surface area (Å²) in [6, 6.07) is 1.76. The Morgan fingerprint density at radius 2 is 2.08 bits per heavy atom. The summed E-state index contributed by atoms with van der Waals surface area (Å²) in [6.07, 6.45) is 2.25. The molecule has 1 amide bonds. The van der Waals surface area contributed by atoms with E-state index in [-0.39, 0.29) is 23.7 Å². The van der Waals surface area contributed by atoms with Gasteiger partial charge >= 0.3 is 5.97 Å². The van der Waals surface area contributed by atoms with Crippen molar-refractivity contribution in [2.45, 2.75) is 20.3 Å². The predicted octanol–water partition coefficient (Wildman–Crippen LogP) is 1.02. The van der Waals surface area contributed by atoms with Crippen LogP contribution in [0.3, 0.4) is 0 Å². The summed E-state index contributed by atoms with van der Waals surface area (Å²) in [7, 11) is 3.14. The number of ether oxygens (including phenoxy) is 1. The highest BCUT2D eigenvalue weighted by atomic mass is 16.5. The Morgan fingerprint density at radius 3 is 2.69 bits per heavy atom. The molecule has 1 fully saturated rings. The van der Waals surface area contributed by atoms with Gasteiger partial charge in [-0.25, -0.2) is 0 Å². The first-order chi connectivity index (χ1) is 12.5. The molecule has 1 aromatic heterocycles. The number of likely N-dealkylation sites (tertiary alicyclic amines) is 1. The summed E-state index contributed by atoms with van der Waals surface area (Å²) >= 11 is 0. The molecule has 0 aliphatic carbocycles. The van der Waals surface area contributed by atoms with Crippen molar-refractivity contribution in [2.24, 2.45) is 16.8 Å². The number of furan rings is 1. The summed E-state index contributed by atoms with van der Waals surface area (Å²) in [5.41, 5.74) is 0.823. The van der Waals surface area contributed by atoms with Crippen LogP contribution in [0.1, 0.15) is 29.5 Å². The molecule has 8 heteroatoms. The fourth-order valence-corrected chi connectivity index (χ4v) is 3.11. The number of carbonyl (C=O) groups is 2. The first-order valence-corrected chi connectivity index (χ1v) is 8.83. The third-order valence-electron chi connectivity index (χ3n) is 4.62. The molecule has 144 valence electrons. The van der Waals surface area contributed by atoms with E-state index in [9.17, 15) is 9.59 Å². The van der Waals surface area contributed by atoms with Crippen molar-refractivity contribution in [3.8, 4) is 0 Å². The second-order valence-electron chi connectivity index (χ2n) is 6.53. The van der Waals surface area contributed by atoms with Gasteiger partial charge in [0.1, 0.15) is 0 Å². The minimum atomic E-state index is -0.203. The zero-order valence-corrected chi connectivity index (χ0v) is 15.9. The first-order valence-electron chi connectivity index (χ1n) is 8.83. The minimum Gasteiger partial charge on any atom is -0.469 e. The molecule has 2 heterocycles. The van der Waals surface area contributed by atoms with Gasteiger partial charge in [0.05, 0.1) is 19.3 Å². The van der Waals surface area contributed by atoms with Gasteiger partial charge in [0, 0.05) is 38.8 Å². The largest absolute Gasteiger partial charge is 0.469 e. The number of aliphatic imine (C=N–C) groups is 1. The Labute approximate surface area is 154 Å². The van der Waals surface area contributed by atoms with E-state index >= 15 is 0 Å². The number of guanidine groups is 1. The van der Waals surface area contributed by atoms with Crippen LogP contribution in [0.2, 0.25) is 0 Å². The van der Waals surface area contributed by atoms with Crippen molar-refractivity contribution >= 4 is 17.8 Å². The number of hydrogen-bond donors (Lipinski definition) is 2. The lowest BCUT2D eigenvalue weighted by Crippen LogP contribution is -2.41. The smallest absolute Gasteiger partial charge is 0.310 e. The normalized spacial score (nSPS) is 20.2. The third kappa shape index (κ3) is 4.77. The maximum atomic E-state index is 12.0. The topological polar surface area (TPSA) is 96.2 Å². The second-order valence-corrected chi connectivity index (χ2v) is 6.53. The Kier molecular flexibility index (Phi) is 7.06. The van der Waals surface area contributed by atoms with E-state index in [1.54, 1.807) is 13.1 Å². The van der Waals surface area contributed by atoms with E-state index in [1.807, 2.05) is 13.8 Å². The van der Waals surface area contributed by atoms with Gasteiger partial charge in [0.25, 0.3) is 5.91 Å². The van der Waals surface area contributed by atoms with Crippen LogP contribution < -0.4 is 10.6 Å². The van der Waals surface area contributed by atoms with Crippen LogP contribution in [-0.4, -0.2) is 63.1 Å². The highest BCUT2D eigenvalue weighted by molar-refractivity contribution is 5.92. The maximum Gasteiger partial charge on any atom is 0.310 e. The molecule has 0 bridgehead atoms. The monoisotopic (exact) mass is 364 g/mol. The molecule has 2 atom stereocenters. The highest BCUT2D eigenvalue weighted by Gasteiger charge is 2.36. The summed E-state index contributed by atoms with van der Waals surface area (Å²) in [5, 5.41) is 6.11. The Morgan fingerprint density at radius 1 is 1.35 bits per heavy atom. The van der Waals surface area contributed by atoms with Crippen LogP contribution in [-0.2, 0) is 9.53 Å². The molecule has 2 rings (SSSR count). The van der Waals surface area contributed by atoms with Crippen LogP contribution in [0.4, 0.5) is 0 Å². The van der Waals surface area contributed by atoms with Gasteiger partial charge in [0.15, 0.2) is 11.7 Å². The highest BCUT2D eigenvalue weighted by Crippen LogP contribution is 2.23. The Hall–Kier alpha value is -2.51. The number of nitrogens with one attached hydrogen (secondary N) is 2. The van der Waals surface area contributed by atoms with Gasteiger partial charge in [-0.1, -0.05) is 6.92 Å². The van der Waals surface area contributed by atoms with Crippen molar-refractivity contribution in [1.82, 2.24) is 15.5 Å². The molecule has 1 aromatic rings. The lowest BCUT2D eigenvalue weighted by atomic mass is 9.99. The SMILES string of the molecule is CN=C(NCCCNC(=O)c1occc1C)N1CC(C)C(C(=O)OC)C1. The van der Waals surface area contributed by atoms with Crippen LogP contribution in [0.25, 0.3) is 0 Å².